The minimum Gasteiger partial charge on any atom is -0.399 e. The van der Waals surface area contributed by atoms with Crippen LogP contribution < -0.4 is 11.5 Å². The Balaban J connectivity index is 2.44. The molecular weight excluding hydrogens is 382 g/mol. The van der Waals surface area contributed by atoms with Crippen LogP contribution in [0.1, 0.15) is 11.1 Å². The molecule has 3 rings (SSSR count). The van der Waals surface area contributed by atoms with Gasteiger partial charge in [-0.2, -0.15) is 26.3 Å². The highest BCUT2D eigenvalue weighted by molar-refractivity contribution is 5.89. The highest BCUT2D eigenvalue weighted by atomic mass is 19.4. The summed E-state index contributed by atoms with van der Waals surface area (Å²) in [4.78, 5) is 0. The molecule has 0 aliphatic rings. The molecule has 146 valence electrons. The molecule has 0 saturated carbocycles. The fourth-order valence-electron chi connectivity index (χ4n) is 3.10. The van der Waals surface area contributed by atoms with Gasteiger partial charge < -0.3 is 11.5 Å². The highest BCUT2D eigenvalue weighted by Crippen LogP contribution is 2.49. The predicted octanol–water partition coefficient (Wildman–Crippen LogP) is 6.22. The van der Waals surface area contributed by atoms with E-state index in [1.807, 2.05) is 0 Å². The van der Waals surface area contributed by atoms with Crippen LogP contribution in [0.2, 0.25) is 0 Å². The van der Waals surface area contributed by atoms with E-state index in [4.69, 9.17) is 11.5 Å². The maximum Gasteiger partial charge on any atom is 0.418 e. The quantitative estimate of drug-likeness (QED) is 0.399. The SMILES string of the molecule is Nc1cccc(-c2ccccc2-c2c(C(F)(F)F)ccc(N)c2C(F)(F)F)c1. The van der Waals surface area contributed by atoms with Gasteiger partial charge >= 0.3 is 12.4 Å². The van der Waals surface area contributed by atoms with Gasteiger partial charge in [0.1, 0.15) is 0 Å². The van der Waals surface area contributed by atoms with Crippen molar-refractivity contribution in [1.29, 1.82) is 0 Å². The number of benzene rings is 3. The van der Waals surface area contributed by atoms with Crippen LogP contribution in [0.15, 0.2) is 60.7 Å². The Labute approximate surface area is 156 Å². The van der Waals surface area contributed by atoms with Crippen molar-refractivity contribution in [2.24, 2.45) is 0 Å². The Kier molecular flexibility index (Phi) is 4.74. The van der Waals surface area contributed by atoms with Gasteiger partial charge in [-0.25, -0.2) is 0 Å². The average molecular weight is 396 g/mol. The number of anilines is 2. The summed E-state index contributed by atoms with van der Waals surface area (Å²) in [6.07, 6.45) is -10.1. The molecule has 4 N–H and O–H groups in total. The first-order valence-corrected chi connectivity index (χ1v) is 8.02. The van der Waals surface area contributed by atoms with E-state index in [1.165, 1.54) is 30.3 Å². The van der Waals surface area contributed by atoms with Crippen molar-refractivity contribution in [1.82, 2.24) is 0 Å². The van der Waals surface area contributed by atoms with Crippen LogP contribution in [0.3, 0.4) is 0 Å². The summed E-state index contributed by atoms with van der Waals surface area (Å²) in [5.74, 6) is 0. The summed E-state index contributed by atoms with van der Waals surface area (Å²) < 4.78 is 81.9. The molecule has 0 aromatic heterocycles. The summed E-state index contributed by atoms with van der Waals surface area (Å²) in [6.45, 7) is 0. The second kappa shape index (κ2) is 6.78. The summed E-state index contributed by atoms with van der Waals surface area (Å²) in [6, 6.07) is 12.9. The predicted molar refractivity (Wildman–Crippen MR) is 96.1 cm³/mol. The third-order valence-electron chi connectivity index (χ3n) is 4.22. The zero-order chi connectivity index (χ0) is 20.7. The standard InChI is InChI=1S/C20H14F6N2/c21-19(22,23)15-8-9-16(28)18(20(24,25)26)17(15)14-7-2-1-6-13(14)11-4-3-5-12(27)10-11/h1-10H,27-28H2. The molecule has 0 aliphatic heterocycles. The maximum atomic E-state index is 13.7. The van der Waals surface area contributed by atoms with E-state index >= 15 is 0 Å². The molecule has 0 radical (unpaired) electrons. The Bertz CT molecular complexity index is 1020. The third-order valence-corrected chi connectivity index (χ3v) is 4.22. The van der Waals surface area contributed by atoms with Crippen LogP contribution in [0.25, 0.3) is 22.3 Å². The van der Waals surface area contributed by atoms with Crippen molar-refractivity contribution in [3.8, 4) is 22.3 Å². The van der Waals surface area contributed by atoms with E-state index in [0.717, 1.165) is 0 Å². The largest absolute Gasteiger partial charge is 0.418 e. The molecule has 0 saturated heterocycles. The lowest BCUT2D eigenvalue weighted by molar-refractivity contribution is -0.141. The zero-order valence-corrected chi connectivity index (χ0v) is 14.2. The fraction of sp³-hybridized carbons (Fsp3) is 0.100. The van der Waals surface area contributed by atoms with Crippen molar-refractivity contribution in [2.45, 2.75) is 12.4 Å². The number of alkyl halides is 6. The van der Waals surface area contributed by atoms with Gasteiger partial charge in [-0.3, -0.25) is 0 Å². The molecule has 3 aromatic rings. The molecular formula is C20H14F6N2. The van der Waals surface area contributed by atoms with Gasteiger partial charge in [0, 0.05) is 16.9 Å². The number of halogens is 6. The first kappa shape index (κ1) is 19.6. The molecule has 2 nitrogen and oxygen atoms in total. The molecule has 0 fully saturated rings. The Morgan fingerprint density at radius 3 is 1.86 bits per heavy atom. The minimum absolute atomic E-state index is 0.177. The number of rotatable bonds is 2. The summed E-state index contributed by atoms with van der Waals surface area (Å²) in [7, 11) is 0. The van der Waals surface area contributed by atoms with E-state index < -0.39 is 34.7 Å². The van der Waals surface area contributed by atoms with E-state index in [-0.39, 0.29) is 11.1 Å². The van der Waals surface area contributed by atoms with Crippen LogP contribution >= 0.6 is 0 Å². The van der Waals surface area contributed by atoms with Crippen molar-refractivity contribution >= 4 is 11.4 Å². The number of nitrogen functional groups attached to an aromatic ring is 2. The van der Waals surface area contributed by atoms with Crippen molar-refractivity contribution in [3.05, 3.63) is 71.8 Å². The molecule has 8 heteroatoms. The molecule has 0 spiro atoms. The Morgan fingerprint density at radius 1 is 0.643 bits per heavy atom. The monoisotopic (exact) mass is 396 g/mol. The molecule has 0 bridgehead atoms. The average Bonchev–Trinajstić information content (AvgIpc) is 2.59. The fourth-order valence-corrected chi connectivity index (χ4v) is 3.10. The van der Waals surface area contributed by atoms with Crippen LogP contribution in [-0.4, -0.2) is 0 Å². The summed E-state index contributed by atoms with van der Waals surface area (Å²) in [5, 5.41) is 0. The van der Waals surface area contributed by atoms with Gasteiger partial charge in [0.15, 0.2) is 0 Å². The lowest BCUT2D eigenvalue weighted by atomic mass is 9.87. The van der Waals surface area contributed by atoms with Crippen LogP contribution in [0.5, 0.6) is 0 Å². The number of hydrogen-bond acceptors (Lipinski definition) is 2. The lowest BCUT2D eigenvalue weighted by Crippen LogP contribution is -2.16. The van der Waals surface area contributed by atoms with Gasteiger partial charge in [-0.15, -0.1) is 0 Å². The van der Waals surface area contributed by atoms with Crippen molar-refractivity contribution < 1.29 is 26.3 Å². The lowest BCUT2D eigenvalue weighted by Gasteiger charge is -2.22. The maximum absolute atomic E-state index is 13.7. The molecule has 3 aromatic carbocycles. The molecule has 28 heavy (non-hydrogen) atoms. The Morgan fingerprint density at radius 2 is 1.29 bits per heavy atom. The first-order valence-electron chi connectivity index (χ1n) is 8.02. The highest BCUT2D eigenvalue weighted by Gasteiger charge is 2.43. The zero-order valence-electron chi connectivity index (χ0n) is 14.2. The van der Waals surface area contributed by atoms with Crippen LogP contribution in [-0.2, 0) is 12.4 Å². The summed E-state index contributed by atoms with van der Waals surface area (Å²) >= 11 is 0. The van der Waals surface area contributed by atoms with Crippen LogP contribution in [0.4, 0.5) is 37.7 Å². The van der Waals surface area contributed by atoms with Gasteiger partial charge in [-0.05, 0) is 41.0 Å². The normalized spacial score (nSPS) is 12.2. The number of nitrogens with two attached hydrogens (primary N) is 2. The molecule has 0 heterocycles. The molecule has 0 amide bonds. The summed E-state index contributed by atoms with van der Waals surface area (Å²) in [5.41, 5.74) is 7.14. The third kappa shape index (κ3) is 3.62. The molecule has 0 aliphatic carbocycles. The smallest absolute Gasteiger partial charge is 0.399 e. The van der Waals surface area contributed by atoms with Gasteiger partial charge in [-0.1, -0.05) is 36.4 Å². The van der Waals surface area contributed by atoms with E-state index in [9.17, 15) is 26.3 Å². The topological polar surface area (TPSA) is 52.0 Å². The molecule has 0 atom stereocenters. The van der Waals surface area contributed by atoms with E-state index in [2.05, 4.69) is 0 Å². The van der Waals surface area contributed by atoms with Gasteiger partial charge in [0.25, 0.3) is 0 Å². The second-order valence-corrected chi connectivity index (χ2v) is 6.12. The Hall–Kier alpha value is -3.16. The van der Waals surface area contributed by atoms with Gasteiger partial charge in [0.2, 0.25) is 0 Å². The van der Waals surface area contributed by atoms with E-state index in [0.29, 0.717) is 23.4 Å². The first-order chi connectivity index (χ1) is 13.0. The van der Waals surface area contributed by atoms with Crippen LogP contribution in [0, 0.1) is 0 Å². The second-order valence-electron chi connectivity index (χ2n) is 6.12. The van der Waals surface area contributed by atoms with Gasteiger partial charge in [0.05, 0.1) is 11.1 Å². The van der Waals surface area contributed by atoms with Crippen molar-refractivity contribution in [2.75, 3.05) is 11.5 Å². The van der Waals surface area contributed by atoms with E-state index in [1.54, 1.807) is 18.2 Å². The van der Waals surface area contributed by atoms with Crippen molar-refractivity contribution in [3.63, 3.8) is 0 Å². The minimum atomic E-state index is -5.08. The molecule has 0 unspecified atom stereocenters. The number of hydrogen-bond donors (Lipinski definition) is 2.